The summed E-state index contributed by atoms with van der Waals surface area (Å²) in [6.45, 7) is 3.88. The van der Waals surface area contributed by atoms with Crippen molar-refractivity contribution >= 4 is 45.7 Å². The van der Waals surface area contributed by atoms with Crippen LogP contribution in [0.1, 0.15) is 19.8 Å². The van der Waals surface area contributed by atoms with E-state index >= 15 is 0 Å². The maximum Gasteiger partial charge on any atom is 0.233 e. The highest BCUT2D eigenvalue weighted by Gasteiger charge is 2.34. The first-order chi connectivity index (χ1) is 14.0. The number of hydrogen-bond donors (Lipinski definition) is 0. The minimum Gasteiger partial charge on any atom is -0.366 e. The summed E-state index contributed by atoms with van der Waals surface area (Å²) >= 11 is 2.70. The van der Waals surface area contributed by atoms with Gasteiger partial charge in [-0.25, -0.2) is 4.39 Å². The van der Waals surface area contributed by atoms with E-state index in [0.29, 0.717) is 41.3 Å². The van der Waals surface area contributed by atoms with Crippen molar-refractivity contribution in [3.8, 4) is 0 Å². The Morgan fingerprint density at radius 2 is 1.93 bits per heavy atom. The third-order valence-corrected chi connectivity index (χ3v) is 7.04. The number of carbonyl (C=O) groups excluding carboxylic acids is 2. The summed E-state index contributed by atoms with van der Waals surface area (Å²) in [6.07, 6.45) is 2.00. The van der Waals surface area contributed by atoms with E-state index in [1.54, 1.807) is 21.9 Å². The van der Waals surface area contributed by atoms with Gasteiger partial charge < -0.3 is 9.80 Å². The monoisotopic (exact) mass is 435 g/mol. The molecule has 2 aromatic rings. The second-order valence-corrected chi connectivity index (χ2v) is 9.26. The Balaban J connectivity index is 1.28. The molecule has 1 aliphatic heterocycles. The summed E-state index contributed by atoms with van der Waals surface area (Å²) < 4.78 is 14.6. The number of rotatable bonds is 6. The number of para-hydroxylation sites is 1. The predicted molar refractivity (Wildman–Crippen MR) is 112 cm³/mol. The number of benzene rings is 1. The van der Waals surface area contributed by atoms with E-state index in [2.05, 4.69) is 10.2 Å². The van der Waals surface area contributed by atoms with Crippen LogP contribution in [0.5, 0.6) is 0 Å². The van der Waals surface area contributed by atoms with Crippen LogP contribution in [0.25, 0.3) is 0 Å². The molecule has 1 aliphatic carbocycles. The third-order valence-electron chi connectivity index (χ3n) is 5.00. The molecule has 2 aliphatic rings. The first-order valence-corrected chi connectivity index (χ1v) is 11.4. The lowest BCUT2D eigenvalue weighted by atomic mass is 10.2. The van der Waals surface area contributed by atoms with Crippen LogP contribution < -0.4 is 9.80 Å². The van der Waals surface area contributed by atoms with E-state index in [0.717, 1.165) is 12.8 Å². The molecule has 0 spiro atoms. The Labute approximate surface area is 176 Å². The zero-order valence-electron chi connectivity index (χ0n) is 16.1. The molecule has 0 bridgehead atoms. The van der Waals surface area contributed by atoms with Gasteiger partial charge in [0.1, 0.15) is 5.82 Å². The maximum absolute atomic E-state index is 13.9. The molecule has 7 nitrogen and oxygen atoms in total. The summed E-state index contributed by atoms with van der Waals surface area (Å²) in [7, 11) is 0. The van der Waals surface area contributed by atoms with Gasteiger partial charge in [-0.2, -0.15) is 0 Å². The van der Waals surface area contributed by atoms with Gasteiger partial charge in [0.25, 0.3) is 0 Å². The molecule has 0 radical (unpaired) electrons. The van der Waals surface area contributed by atoms with Gasteiger partial charge in [0.05, 0.1) is 11.4 Å². The van der Waals surface area contributed by atoms with E-state index in [-0.39, 0.29) is 29.4 Å². The molecule has 154 valence electrons. The second-order valence-electron chi connectivity index (χ2n) is 7.08. The zero-order chi connectivity index (χ0) is 20.4. The van der Waals surface area contributed by atoms with E-state index in [1.165, 1.54) is 36.1 Å². The van der Waals surface area contributed by atoms with Crippen molar-refractivity contribution in [2.24, 2.45) is 0 Å². The third kappa shape index (κ3) is 4.69. The number of aromatic nitrogens is 2. The van der Waals surface area contributed by atoms with Crippen LogP contribution in [-0.4, -0.2) is 64.9 Å². The van der Waals surface area contributed by atoms with E-state index in [9.17, 15) is 14.0 Å². The highest BCUT2D eigenvalue weighted by atomic mass is 32.2. The number of thioether (sulfide) groups is 1. The lowest BCUT2D eigenvalue weighted by molar-refractivity contribution is -0.128. The predicted octanol–water partition coefficient (Wildman–Crippen LogP) is 2.63. The number of hydrogen-bond acceptors (Lipinski definition) is 7. The first-order valence-electron chi connectivity index (χ1n) is 9.56. The smallest absolute Gasteiger partial charge is 0.233 e. The molecular formula is C19H22FN5O2S2. The van der Waals surface area contributed by atoms with Crippen LogP contribution in [0.3, 0.4) is 0 Å². The van der Waals surface area contributed by atoms with Gasteiger partial charge in [0.2, 0.25) is 16.9 Å². The SMILES string of the molecule is CC(=O)N(c1nnc(SCC(=O)N2CCN(c3ccccc3F)CC2)s1)C1CC1. The Morgan fingerprint density at radius 3 is 2.59 bits per heavy atom. The molecule has 0 N–H and O–H groups in total. The minimum atomic E-state index is -0.235. The molecule has 29 heavy (non-hydrogen) atoms. The Morgan fingerprint density at radius 1 is 1.21 bits per heavy atom. The van der Waals surface area contributed by atoms with Gasteiger partial charge in [-0.15, -0.1) is 10.2 Å². The normalized spacial score (nSPS) is 16.8. The molecule has 2 amide bonds. The molecule has 2 heterocycles. The molecule has 1 aromatic heterocycles. The van der Waals surface area contributed by atoms with Crippen molar-refractivity contribution in [1.82, 2.24) is 15.1 Å². The van der Waals surface area contributed by atoms with Gasteiger partial charge in [-0.1, -0.05) is 35.2 Å². The minimum absolute atomic E-state index is 0.0241. The molecule has 2 fully saturated rings. The van der Waals surface area contributed by atoms with Crippen molar-refractivity contribution in [3.63, 3.8) is 0 Å². The van der Waals surface area contributed by atoms with Crippen LogP contribution in [0.15, 0.2) is 28.6 Å². The Bertz CT molecular complexity index is 896. The molecular weight excluding hydrogens is 413 g/mol. The zero-order valence-corrected chi connectivity index (χ0v) is 17.7. The number of anilines is 2. The highest BCUT2D eigenvalue weighted by molar-refractivity contribution is 8.01. The molecule has 1 saturated heterocycles. The molecule has 0 unspecified atom stereocenters. The number of piperazine rings is 1. The fourth-order valence-electron chi connectivity index (χ4n) is 3.36. The van der Waals surface area contributed by atoms with Gasteiger partial charge in [0.15, 0.2) is 4.34 Å². The number of amides is 2. The van der Waals surface area contributed by atoms with Crippen LogP contribution in [0.2, 0.25) is 0 Å². The van der Waals surface area contributed by atoms with Crippen molar-refractivity contribution in [3.05, 3.63) is 30.1 Å². The van der Waals surface area contributed by atoms with Crippen molar-refractivity contribution in [1.29, 1.82) is 0 Å². The average molecular weight is 436 g/mol. The standard InChI is InChI=1S/C19H22FN5O2S2/c1-13(26)25(14-6-7-14)18-21-22-19(29-18)28-12-17(27)24-10-8-23(9-11-24)16-5-3-2-4-15(16)20/h2-5,14H,6-12H2,1H3. The van der Waals surface area contributed by atoms with Crippen molar-refractivity contribution in [2.75, 3.05) is 41.7 Å². The molecule has 1 saturated carbocycles. The fourth-order valence-corrected chi connectivity index (χ4v) is 5.22. The van der Waals surface area contributed by atoms with Gasteiger partial charge >= 0.3 is 0 Å². The summed E-state index contributed by atoms with van der Waals surface area (Å²) in [4.78, 5) is 29.9. The highest BCUT2D eigenvalue weighted by Crippen LogP contribution is 2.35. The van der Waals surface area contributed by atoms with Gasteiger partial charge in [-0.3, -0.25) is 14.5 Å². The van der Waals surface area contributed by atoms with Crippen LogP contribution in [0.4, 0.5) is 15.2 Å². The largest absolute Gasteiger partial charge is 0.366 e. The summed E-state index contributed by atoms with van der Waals surface area (Å²) in [5, 5.41) is 8.86. The van der Waals surface area contributed by atoms with Crippen LogP contribution in [-0.2, 0) is 9.59 Å². The topological polar surface area (TPSA) is 69.6 Å². The first kappa shape index (κ1) is 20.1. The molecule has 4 rings (SSSR count). The summed E-state index contributed by atoms with van der Waals surface area (Å²) in [6, 6.07) is 6.96. The maximum atomic E-state index is 13.9. The van der Waals surface area contributed by atoms with E-state index < -0.39 is 0 Å². The average Bonchev–Trinajstić information content (AvgIpc) is 3.44. The summed E-state index contributed by atoms with van der Waals surface area (Å²) in [5.41, 5.74) is 0.584. The summed E-state index contributed by atoms with van der Waals surface area (Å²) in [5.74, 6) is 0.0490. The molecule has 1 aromatic carbocycles. The molecule has 0 atom stereocenters. The van der Waals surface area contributed by atoms with Gasteiger partial charge in [0, 0.05) is 39.1 Å². The van der Waals surface area contributed by atoms with E-state index in [1.807, 2.05) is 11.0 Å². The Kier molecular flexibility index (Phi) is 6.00. The van der Waals surface area contributed by atoms with Gasteiger partial charge in [-0.05, 0) is 25.0 Å². The Hall–Kier alpha value is -2.20. The van der Waals surface area contributed by atoms with Crippen LogP contribution in [0, 0.1) is 5.82 Å². The lowest BCUT2D eigenvalue weighted by Gasteiger charge is -2.36. The number of halogens is 1. The van der Waals surface area contributed by atoms with Crippen LogP contribution >= 0.6 is 23.1 Å². The quantitative estimate of drug-likeness (QED) is 0.513. The fraction of sp³-hybridized carbons (Fsp3) is 0.474. The molecule has 10 heteroatoms. The lowest BCUT2D eigenvalue weighted by Crippen LogP contribution is -2.49. The number of carbonyl (C=O) groups is 2. The van der Waals surface area contributed by atoms with Crippen molar-refractivity contribution in [2.45, 2.75) is 30.1 Å². The number of nitrogens with zero attached hydrogens (tertiary/aromatic N) is 5. The second kappa shape index (κ2) is 8.66. The van der Waals surface area contributed by atoms with Crippen molar-refractivity contribution < 1.29 is 14.0 Å². The van der Waals surface area contributed by atoms with E-state index in [4.69, 9.17) is 0 Å².